The lowest BCUT2D eigenvalue weighted by atomic mass is 10.2. The van der Waals surface area contributed by atoms with Crippen molar-refractivity contribution < 1.29 is 13.2 Å². The number of hydrogen-bond acceptors (Lipinski definition) is 6. The van der Waals surface area contributed by atoms with Gasteiger partial charge in [-0.1, -0.05) is 12.1 Å². The highest BCUT2D eigenvalue weighted by Crippen LogP contribution is 2.31. The molecule has 0 aliphatic carbocycles. The summed E-state index contributed by atoms with van der Waals surface area (Å²) in [6.45, 7) is 0.513. The summed E-state index contributed by atoms with van der Waals surface area (Å²) < 4.78 is 23.2. The van der Waals surface area contributed by atoms with E-state index in [2.05, 4.69) is 9.97 Å². The number of amides is 1. The first kappa shape index (κ1) is 17.8. The molecule has 3 heterocycles. The molecule has 2 N–H and O–H groups in total. The first-order chi connectivity index (χ1) is 12.9. The summed E-state index contributed by atoms with van der Waals surface area (Å²) in [7, 11) is -3.82. The number of fused-ring (bicyclic) bond motifs is 1. The molecule has 2 aromatic heterocycles. The van der Waals surface area contributed by atoms with Crippen LogP contribution in [0.2, 0.25) is 0 Å². The Labute approximate surface area is 160 Å². The minimum atomic E-state index is -3.82. The Morgan fingerprint density at radius 1 is 1.26 bits per heavy atom. The number of carbonyl (C=O) groups excluding carboxylic acids is 1. The van der Waals surface area contributed by atoms with Gasteiger partial charge < -0.3 is 4.90 Å². The van der Waals surface area contributed by atoms with Crippen LogP contribution in [-0.2, 0) is 27.7 Å². The monoisotopic (exact) mass is 400 g/mol. The third-order valence-electron chi connectivity index (χ3n) is 4.35. The molecule has 27 heavy (non-hydrogen) atoms. The summed E-state index contributed by atoms with van der Waals surface area (Å²) in [5.74, 6) is -0.127. The molecule has 0 unspecified atom stereocenters. The van der Waals surface area contributed by atoms with Crippen molar-refractivity contribution in [3.05, 3.63) is 59.2 Å². The van der Waals surface area contributed by atoms with Gasteiger partial charge in [0.05, 0.1) is 22.7 Å². The third kappa shape index (κ3) is 3.61. The fraction of sp³-hybridized carbons (Fsp3) is 0.167. The predicted molar refractivity (Wildman–Crippen MR) is 103 cm³/mol. The van der Waals surface area contributed by atoms with Crippen molar-refractivity contribution in [3.8, 4) is 10.7 Å². The molecular weight excluding hydrogens is 384 g/mol. The maximum Gasteiger partial charge on any atom is 0.238 e. The lowest BCUT2D eigenvalue weighted by Crippen LogP contribution is -2.30. The van der Waals surface area contributed by atoms with Crippen LogP contribution in [0.15, 0.2) is 52.9 Å². The molecule has 1 aromatic carbocycles. The van der Waals surface area contributed by atoms with E-state index in [4.69, 9.17) is 5.14 Å². The number of benzene rings is 1. The highest BCUT2D eigenvalue weighted by atomic mass is 32.2. The van der Waals surface area contributed by atoms with E-state index in [1.807, 2.05) is 23.6 Å². The SMILES string of the molecule is NS(=O)(=O)c1ccc2c(c1)N(C(=O)Cc1csc(-c3ccccn3)n1)CC2. The van der Waals surface area contributed by atoms with Crippen molar-refractivity contribution >= 4 is 33.0 Å². The average Bonchev–Trinajstić information content (AvgIpc) is 3.28. The van der Waals surface area contributed by atoms with E-state index in [0.717, 1.165) is 16.3 Å². The van der Waals surface area contributed by atoms with Crippen LogP contribution in [0.5, 0.6) is 0 Å². The number of nitrogens with zero attached hydrogens (tertiary/aromatic N) is 3. The number of hydrogen-bond donors (Lipinski definition) is 1. The van der Waals surface area contributed by atoms with Crippen molar-refractivity contribution in [3.63, 3.8) is 0 Å². The fourth-order valence-electron chi connectivity index (χ4n) is 3.04. The van der Waals surface area contributed by atoms with E-state index >= 15 is 0 Å². The second-order valence-electron chi connectivity index (χ2n) is 6.17. The van der Waals surface area contributed by atoms with Crippen LogP contribution in [0.25, 0.3) is 10.7 Å². The number of aromatic nitrogens is 2. The molecule has 0 atom stereocenters. The molecule has 0 saturated carbocycles. The van der Waals surface area contributed by atoms with Gasteiger partial charge in [-0.05, 0) is 36.2 Å². The standard InChI is InChI=1S/C18H16N4O3S2/c19-27(24,25)14-5-4-12-6-8-22(16(12)10-14)17(23)9-13-11-26-18(21-13)15-3-1-2-7-20-15/h1-5,7,10-11H,6,8-9H2,(H2,19,24,25). The third-order valence-corrected chi connectivity index (χ3v) is 6.17. The predicted octanol–water partition coefficient (Wildman–Crippen LogP) is 1.98. The van der Waals surface area contributed by atoms with Gasteiger partial charge in [0.25, 0.3) is 0 Å². The molecule has 0 fully saturated rings. The maximum atomic E-state index is 12.8. The molecule has 9 heteroatoms. The molecule has 0 radical (unpaired) electrons. The Hall–Kier alpha value is -2.62. The Bertz CT molecular complexity index is 1110. The minimum absolute atomic E-state index is 0.00652. The summed E-state index contributed by atoms with van der Waals surface area (Å²) in [5, 5.41) is 7.82. The second-order valence-corrected chi connectivity index (χ2v) is 8.59. The minimum Gasteiger partial charge on any atom is -0.311 e. The summed E-state index contributed by atoms with van der Waals surface area (Å²) in [5.41, 5.74) is 2.97. The van der Waals surface area contributed by atoms with Gasteiger partial charge in [-0.15, -0.1) is 11.3 Å². The van der Waals surface area contributed by atoms with E-state index < -0.39 is 10.0 Å². The van der Waals surface area contributed by atoms with Crippen LogP contribution in [0.1, 0.15) is 11.3 Å². The second kappa shape index (κ2) is 6.84. The highest BCUT2D eigenvalue weighted by Gasteiger charge is 2.26. The zero-order valence-electron chi connectivity index (χ0n) is 14.2. The summed E-state index contributed by atoms with van der Waals surface area (Å²) in [6.07, 6.45) is 2.52. The van der Waals surface area contributed by atoms with Gasteiger partial charge in [0, 0.05) is 23.8 Å². The van der Waals surface area contributed by atoms with Crippen LogP contribution >= 0.6 is 11.3 Å². The Kier molecular flexibility index (Phi) is 4.50. The van der Waals surface area contributed by atoms with Crippen molar-refractivity contribution in [2.45, 2.75) is 17.7 Å². The maximum absolute atomic E-state index is 12.8. The van der Waals surface area contributed by atoms with Gasteiger partial charge in [0.2, 0.25) is 15.9 Å². The number of anilines is 1. The first-order valence-corrected chi connectivity index (χ1v) is 10.7. The quantitative estimate of drug-likeness (QED) is 0.721. The van der Waals surface area contributed by atoms with Gasteiger partial charge in [0.1, 0.15) is 5.01 Å². The number of primary sulfonamides is 1. The van der Waals surface area contributed by atoms with E-state index in [-0.39, 0.29) is 17.2 Å². The van der Waals surface area contributed by atoms with E-state index in [9.17, 15) is 13.2 Å². The zero-order valence-corrected chi connectivity index (χ0v) is 15.8. The van der Waals surface area contributed by atoms with Crippen molar-refractivity contribution in [1.82, 2.24) is 9.97 Å². The van der Waals surface area contributed by atoms with Gasteiger partial charge in [-0.25, -0.2) is 18.5 Å². The Balaban J connectivity index is 1.55. The number of rotatable bonds is 4. The molecule has 0 bridgehead atoms. The van der Waals surface area contributed by atoms with Crippen LogP contribution < -0.4 is 10.0 Å². The number of carbonyl (C=O) groups is 1. The molecule has 0 saturated heterocycles. The van der Waals surface area contributed by atoms with Gasteiger partial charge in [0.15, 0.2) is 0 Å². The molecule has 1 amide bonds. The molecule has 7 nitrogen and oxygen atoms in total. The average molecular weight is 400 g/mol. The van der Waals surface area contributed by atoms with Gasteiger partial charge >= 0.3 is 0 Å². The van der Waals surface area contributed by atoms with Crippen molar-refractivity contribution in [2.24, 2.45) is 5.14 Å². The molecule has 1 aliphatic heterocycles. The molecular formula is C18H16N4O3S2. The number of pyridine rings is 1. The number of nitrogens with two attached hydrogens (primary N) is 1. The molecule has 1 aliphatic rings. The summed E-state index contributed by atoms with van der Waals surface area (Å²) in [6, 6.07) is 10.2. The molecule has 0 spiro atoms. The summed E-state index contributed by atoms with van der Waals surface area (Å²) >= 11 is 1.44. The topological polar surface area (TPSA) is 106 Å². The number of thiazole rings is 1. The largest absolute Gasteiger partial charge is 0.311 e. The highest BCUT2D eigenvalue weighted by molar-refractivity contribution is 7.89. The molecule has 4 rings (SSSR count). The molecule has 3 aromatic rings. The van der Waals surface area contributed by atoms with Crippen molar-refractivity contribution in [1.29, 1.82) is 0 Å². The smallest absolute Gasteiger partial charge is 0.238 e. The molecule has 138 valence electrons. The van der Waals surface area contributed by atoms with Crippen LogP contribution in [0.4, 0.5) is 5.69 Å². The lowest BCUT2D eigenvalue weighted by molar-refractivity contribution is -0.117. The number of sulfonamides is 1. The Morgan fingerprint density at radius 2 is 2.11 bits per heavy atom. The first-order valence-electron chi connectivity index (χ1n) is 8.24. The van der Waals surface area contributed by atoms with Crippen LogP contribution in [-0.4, -0.2) is 30.8 Å². The van der Waals surface area contributed by atoms with E-state index in [1.54, 1.807) is 17.2 Å². The van der Waals surface area contributed by atoms with Crippen LogP contribution in [0, 0.1) is 0 Å². The fourth-order valence-corrected chi connectivity index (χ4v) is 4.37. The van der Waals surface area contributed by atoms with Gasteiger partial charge in [-0.3, -0.25) is 9.78 Å². The lowest BCUT2D eigenvalue weighted by Gasteiger charge is -2.17. The summed E-state index contributed by atoms with van der Waals surface area (Å²) in [4.78, 5) is 23.1. The Morgan fingerprint density at radius 3 is 2.85 bits per heavy atom. The van der Waals surface area contributed by atoms with E-state index in [0.29, 0.717) is 24.3 Å². The zero-order chi connectivity index (χ0) is 19.0. The van der Waals surface area contributed by atoms with Crippen LogP contribution in [0.3, 0.4) is 0 Å². The van der Waals surface area contributed by atoms with Gasteiger partial charge in [-0.2, -0.15) is 0 Å². The van der Waals surface area contributed by atoms with Crippen molar-refractivity contribution in [2.75, 3.05) is 11.4 Å². The normalized spacial score (nSPS) is 13.6. The van der Waals surface area contributed by atoms with E-state index in [1.165, 1.54) is 23.5 Å².